The number of carbonyl (C=O) groups is 1. The molecular weight excluding hydrogens is 396 g/mol. The molecule has 0 spiro atoms. The normalized spacial score (nSPS) is 16.2. The highest BCUT2D eigenvalue weighted by Gasteiger charge is 2.31. The maximum atomic E-state index is 13.2. The van der Waals surface area contributed by atoms with E-state index in [0.717, 1.165) is 21.4 Å². The predicted molar refractivity (Wildman–Crippen MR) is 105 cm³/mol. The van der Waals surface area contributed by atoms with Crippen molar-refractivity contribution in [2.24, 2.45) is 10.8 Å². The number of ether oxygens (including phenoxy) is 1. The van der Waals surface area contributed by atoms with Crippen molar-refractivity contribution in [3.8, 4) is 0 Å². The highest BCUT2D eigenvalue weighted by molar-refractivity contribution is 9.10. The summed E-state index contributed by atoms with van der Waals surface area (Å²) in [4.78, 5) is 13.2. The van der Waals surface area contributed by atoms with Gasteiger partial charge in [0.25, 0.3) is 0 Å². The van der Waals surface area contributed by atoms with E-state index < -0.39 is 6.23 Å². The molecule has 1 aromatic carbocycles. The highest BCUT2D eigenvalue weighted by Crippen LogP contribution is 2.32. The van der Waals surface area contributed by atoms with Crippen molar-refractivity contribution < 1.29 is 9.53 Å². The zero-order valence-electron chi connectivity index (χ0n) is 15.2. The van der Waals surface area contributed by atoms with Crippen LogP contribution in [0.1, 0.15) is 52.4 Å². The van der Waals surface area contributed by atoms with E-state index in [4.69, 9.17) is 10.5 Å². The second-order valence-corrected chi connectivity index (χ2v) is 7.15. The fourth-order valence-electron chi connectivity index (χ4n) is 3.38. The zero-order chi connectivity index (χ0) is 18.8. The van der Waals surface area contributed by atoms with Gasteiger partial charge in [-0.2, -0.15) is 0 Å². The number of nitrogens with zero attached hydrogens (tertiary/aromatic N) is 2. The van der Waals surface area contributed by atoms with Crippen LogP contribution in [0.3, 0.4) is 0 Å². The Morgan fingerprint density at radius 1 is 1.42 bits per heavy atom. The van der Waals surface area contributed by atoms with Crippen LogP contribution in [0.15, 0.2) is 33.8 Å². The Labute approximate surface area is 161 Å². The van der Waals surface area contributed by atoms with E-state index >= 15 is 0 Å². The molecule has 1 aromatic heterocycles. The third-order valence-corrected chi connectivity index (χ3v) is 5.09. The first-order valence-electron chi connectivity index (χ1n) is 8.66. The number of ketones is 1. The summed E-state index contributed by atoms with van der Waals surface area (Å²) in [6, 6.07) is 7.43. The van der Waals surface area contributed by atoms with Gasteiger partial charge in [-0.1, -0.05) is 35.0 Å². The molecule has 0 aliphatic carbocycles. The van der Waals surface area contributed by atoms with Crippen molar-refractivity contribution in [2.45, 2.75) is 40.0 Å². The lowest BCUT2D eigenvalue weighted by Gasteiger charge is -2.16. The maximum absolute atomic E-state index is 13.2. The van der Waals surface area contributed by atoms with Crippen molar-refractivity contribution >= 4 is 27.6 Å². The largest absolute Gasteiger partial charge is 0.449 e. The lowest BCUT2D eigenvalue weighted by Crippen LogP contribution is -2.21. The molecule has 3 N–H and O–H groups in total. The smallest absolute Gasteiger partial charge is 0.227 e. The first-order chi connectivity index (χ1) is 12.5. The van der Waals surface area contributed by atoms with Crippen molar-refractivity contribution in [3.63, 3.8) is 0 Å². The number of benzene rings is 1. The van der Waals surface area contributed by atoms with E-state index in [1.165, 1.54) is 0 Å². The molecule has 26 heavy (non-hydrogen) atoms. The number of hydrazone groups is 1. The topological polar surface area (TPSA) is 81.6 Å². The molecule has 6 nitrogen and oxygen atoms in total. The second kappa shape index (κ2) is 7.63. The lowest BCUT2D eigenvalue weighted by molar-refractivity contribution is 0.103. The molecule has 138 valence electrons. The standard InChI is InChI=1S/C19H23BrN4O2/c1-4-15-22-23-19(26-15)17-11(2)16(12(3)24(17)9-8-21)18(25)13-6-5-7-14(20)10-13/h5-7,10,19,23H,4,8-9,21H2,1-3H3. The monoisotopic (exact) mass is 418 g/mol. The van der Waals surface area contributed by atoms with E-state index in [9.17, 15) is 4.79 Å². The van der Waals surface area contributed by atoms with E-state index in [1.54, 1.807) is 0 Å². The van der Waals surface area contributed by atoms with E-state index in [-0.39, 0.29) is 5.78 Å². The second-order valence-electron chi connectivity index (χ2n) is 6.24. The van der Waals surface area contributed by atoms with Crippen molar-refractivity contribution in [3.05, 3.63) is 56.8 Å². The van der Waals surface area contributed by atoms with Gasteiger partial charge in [-0.15, -0.1) is 5.10 Å². The molecule has 1 aliphatic rings. The fraction of sp³-hybridized carbons (Fsp3) is 0.368. The molecule has 0 fully saturated rings. The number of nitrogens with one attached hydrogen (secondary N) is 1. The molecule has 0 radical (unpaired) electrons. The minimum atomic E-state index is -0.403. The van der Waals surface area contributed by atoms with Crippen molar-refractivity contribution in [1.29, 1.82) is 0 Å². The van der Waals surface area contributed by atoms with Crippen LogP contribution in [0.2, 0.25) is 0 Å². The summed E-state index contributed by atoms with van der Waals surface area (Å²) in [5.74, 6) is 0.653. The Morgan fingerprint density at radius 2 is 2.19 bits per heavy atom. The van der Waals surface area contributed by atoms with Gasteiger partial charge in [0.15, 0.2) is 5.78 Å². The summed E-state index contributed by atoms with van der Waals surface area (Å²) in [6.07, 6.45) is 0.308. The molecule has 1 aliphatic heterocycles. The minimum absolute atomic E-state index is 0.00653. The summed E-state index contributed by atoms with van der Waals surface area (Å²) in [5, 5.41) is 4.22. The Kier molecular flexibility index (Phi) is 5.48. The Balaban J connectivity index is 2.07. The summed E-state index contributed by atoms with van der Waals surface area (Å²) in [6.45, 7) is 6.98. The van der Waals surface area contributed by atoms with Gasteiger partial charge in [-0.05, 0) is 31.5 Å². The minimum Gasteiger partial charge on any atom is -0.449 e. The fourth-order valence-corrected chi connectivity index (χ4v) is 3.78. The number of hydrogen-bond acceptors (Lipinski definition) is 5. The van der Waals surface area contributed by atoms with Gasteiger partial charge in [0, 0.05) is 40.8 Å². The average Bonchev–Trinajstić information content (AvgIpc) is 3.18. The van der Waals surface area contributed by atoms with E-state index in [2.05, 4.69) is 31.0 Å². The first-order valence-corrected chi connectivity index (χ1v) is 9.45. The molecule has 2 aromatic rings. The molecule has 0 bridgehead atoms. The van der Waals surface area contributed by atoms with Gasteiger partial charge in [0.05, 0.1) is 5.69 Å². The Hall–Kier alpha value is -2.12. The third kappa shape index (κ3) is 3.29. The van der Waals surface area contributed by atoms with Gasteiger partial charge in [0.2, 0.25) is 12.1 Å². The predicted octanol–water partition coefficient (Wildman–Crippen LogP) is 3.40. The molecule has 3 rings (SSSR count). The quantitative estimate of drug-likeness (QED) is 0.704. The van der Waals surface area contributed by atoms with Gasteiger partial charge >= 0.3 is 0 Å². The van der Waals surface area contributed by atoms with Gasteiger partial charge in [-0.3, -0.25) is 10.2 Å². The number of carbonyl (C=O) groups excluding carboxylic acids is 1. The van der Waals surface area contributed by atoms with Crippen LogP contribution < -0.4 is 11.2 Å². The molecule has 0 amide bonds. The number of nitrogens with two attached hydrogens (primary N) is 1. The van der Waals surface area contributed by atoms with Crippen LogP contribution >= 0.6 is 15.9 Å². The summed E-state index contributed by atoms with van der Waals surface area (Å²) < 4.78 is 8.83. The molecular formula is C19H23BrN4O2. The molecule has 0 saturated carbocycles. The number of hydrogen-bond donors (Lipinski definition) is 2. The molecule has 1 atom stereocenters. The Bertz CT molecular complexity index is 873. The number of aromatic nitrogens is 1. The van der Waals surface area contributed by atoms with Crippen molar-refractivity contribution in [2.75, 3.05) is 6.54 Å². The number of rotatable bonds is 6. The maximum Gasteiger partial charge on any atom is 0.227 e. The van der Waals surface area contributed by atoms with E-state index in [0.29, 0.717) is 36.5 Å². The molecule has 0 saturated heterocycles. The van der Waals surface area contributed by atoms with Crippen LogP contribution in [0.4, 0.5) is 0 Å². The highest BCUT2D eigenvalue weighted by atomic mass is 79.9. The van der Waals surface area contributed by atoms with Gasteiger partial charge in [0.1, 0.15) is 0 Å². The van der Waals surface area contributed by atoms with Crippen LogP contribution in [0.5, 0.6) is 0 Å². The first kappa shape index (κ1) is 18.7. The van der Waals surface area contributed by atoms with Gasteiger partial charge < -0.3 is 15.0 Å². The molecule has 7 heteroatoms. The molecule has 1 unspecified atom stereocenters. The lowest BCUT2D eigenvalue weighted by atomic mass is 9.99. The van der Waals surface area contributed by atoms with Crippen molar-refractivity contribution in [1.82, 2.24) is 9.99 Å². The molecule has 2 heterocycles. The summed E-state index contributed by atoms with van der Waals surface area (Å²) in [7, 11) is 0. The van der Waals surface area contributed by atoms with Crippen LogP contribution in [-0.2, 0) is 11.3 Å². The van der Waals surface area contributed by atoms with Crippen LogP contribution in [0, 0.1) is 13.8 Å². The van der Waals surface area contributed by atoms with E-state index in [1.807, 2.05) is 45.0 Å². The Morgan fingerprint density at radius 3 is 2.81 bits per heavy atom. The summed E-state index contributed by atoms with van der Waals surface area (Å²) >= 11 is 3.43. The summed E-state index contributed by atoms with van der Waals surface area (Å²) in [5.41, 5.74) is 12.9. The van der Waals surface area contributed by atoms with Crippen LogP contribution in [0.25, 0.3) is 0 Å². The van der Waals surface area contributed by atoms with Crippen LogP contribution in [-0.4, -0.2) is 22.8 Å². The number of halogens is 1. The third-order valence-electron chi connectivity index (χ3n) is 4.59. The SMILES string of the molecule is CCC1=NNC(c2c(C)c(C(=O)c3cccc(Br)c3)c(C)n2CCN)O1. The average molecular weight is 419 g/mol. The zero-order valence-corrected chi connectivity index (χ0v) is 16.8. The van der Waals surface area contributed by atoms with Gasteiger partial charge in [-0.25, -0.2) is 0 Å².